The average molecular weight is 288 g/mol. The quantitative estimate of drug-likeness (QED) is 0.863. The Hall–Kier alpha value is -2.09. The number of rotatable bonds is 2. The zero-order valence-electron chi connectivity index (χ0n) is 9.54. The molecule has 0 fully saturated rings. The van der Waals surface area contributed by atoms with Gasteiger partial charge in [-0.25, -0.2) is 22.9 Å². The van der Waals surface area contributed by atoms with Crippen LogP contribution in [0.15, 0.2) is 12.1 Å². The molecule has 0 spiro atoms. The third-order valence-electron chi connectivity index (χ3n) is 2.25. The summed E-state index contributed by atoms with van der Waals surface area (Å²) in [6.45, 7) is 0. The molecule has 0 aliphatic heterocycles. The number of carbonyl (C=O) groups is 1. The summed E-state index contributed by atoms with van der Waals surface area (Å²) in [5.41, 5.74) is 4.76. The average Bonchev–Trinajstić information content (AvgIpc) is 2.68. The van der Waals surface area contributed by atoms with Crippen molar-refractivity contribution in [2.75, 3.05) is 12.8 Å². The Balaban J connectivity index is 2.58. The summed E-state index contributed by atoms with van der Waals surface area (Å²) < 4.78 is 44.3. The molecule has 0 amide bonds. The molecule has 0 aliphatic carbocycles. The van der Waals surface area contributed by atoms with Gasteiger partial charge in [0.15, 0.2) is 5.69 Å². The molecular weight excluding hydrogens is 281 g/mol. The van der Waals surface area contributed by atoms with Crippen molar-refractivity contribution in [2.24, 2.45) is 0 Å². The standard InChI is InChI=1S/C11H7F3N2O2S/c1-18-11(17)8-9(15)19-10(16-8)7-5(13)2-4(12)3-6(7)14/h2-3H,15H2,1H3. The van der Waals surface area contributed by atoms with Crippen molar-refractivity contribution in [1.82, 2.24) is 4.98 Å². The van der Waals surface area contributed by atoms with Crippen LogP contribution >= 0.6 is 11.3 Å². The van der Waals surface area contributed by atoms with Gasteiger partial charge in [-0.1, -0.05) is 11.3 Å². The summed E-state index contributed by atoms with van der Waals surface area (Å²) in [6, 6.07) is 1.04. The molecule has 2 aromatic rings. The number of carbonyl (C=O) groups excluding carboxylic acids is 1. The number of benzene rings is 1. The van der Waals surface area contributed by atoms with E-state index < -0.39 is 29.0 Å². The van der Waals surface area contributed by atoms with Crippen LogP contribution in [0.25, 0.3) is 10.6 Å². The van der Waals surface area contributed by atoms with Crippen molar-refractivity contribution in [3.63, 3.8) is 0 Å². The fourth-order valence-electron chi connectivity index (χ4n) is 1.43. The lowest BCUT2D eigenvalue weighted by Gasteiger charge is -2.01. The molecule has 0 saturated heterocycles. The highest BCUT2D eigenvalue weighted by Gasteiger charge is 2.22. The van der Waals surface area contributed by atoms with Crippen molar-refractivity contribution in [3.05, 3.63) is 35.3 Å². The number of nitrogen functional groups attached to an aromatic ring is 1. The lowest BCUT2D eigenvalue weighted by molar-refractivity contribution is 0.0596. The van der Waals surface area contributed by atoms with Crippen molar-refractivity contribution >= 4 is 22.3 Å². The topological polar surface area (TPSA) is 65.2 Å². The first-order valence-corrected chi connectivity index (χ1v) is 5.75. The minimum Gasteiger partial charge on any atom is -0.464 e. The van der Waals surface area contributed by atoms with Crippen LogP contribution in [0, 0.1) is 17.5 Å². The van der Waals surface area contributed by atoms with Crippen molar-refractivity contribution in [1.29, 1.82) is 0 Å². The summed E-state index contributed by atoms with van der Waals surface area (Å²) in [4.78, 5) is 15.0. The van der Waals surface area contributed by atoms with E-state index >= 15 is 0 Å². The molecule has 0 bridgehead atoms. The molecule has 1 aromatic heterocycles. The maximum absolute atomic E-state index is 13.6. The maximum Gasteiger partial charge on any atom is 0.359 e. The Morgan fingerprint density at radius 3 is 2.42 bits per heavy atom. The second-order valence-electron chi connectivity index (χ2n) is 3.47. The molecule has 2 N–H and O–H groups in total. The van der Waals surface area contributed by atoms with Gasteiger partial charge in [-0.3, -0.25) is 0 Å². The van der Waals surface area contributed by atoms with E-state index in [-0.39, 0.29) is 15.7 Å². The highest BCUT2D eigenvalue weighted by molar-refractivity contribution is 7.19. The van der Waals surface area contributed by atoms with E-state index in [0.717, 1.165) is 7.11 Å². The Morgan fingerprint density at radius 2 is 1.89 bits per heavy atom. The van der Waals surface area contributed by atoms with E-state index in [2.05, 4.69) is 9.72 Å². The van der Waals surface area contributed by atoms with E-state index in [1.165, 1.54) is 0 Å². The molecule has 0 aliphatic rings. The monoisotopic (exact) mass is 288 g/mol. The molecule has 0 unspecified atom stereocenters. The van der Waals surface area contributed by atoms with Crippen LogP contribution < -0.4 is 5.73 Å². The van der Waals surface area contributed by atoms with Crippen LogP contribution in [0.4, 0.5) is 18.2 Å². The highest BCUT2D eigenvalue weighted by atomic mass is 32.1. The Labute approximate surface area is 109 Å². The van der Waals surface area contributed by atoms with Gasteiger partial charge < -0.3 is 10.5 Å². The predicted molar refractivity (Wildman–Crippen MR) is 63.2 cm³/mol. The van der Waals surface area contributed by atoms with E-state index in [1.807, 2.05) is 0 Å². The van der Waals surface area contributed by atoms with E-state index in [9.17, 15) is 18.0 Å². The SMILES string of the molecule is COC(=O)c1nc(-c2c(F)cc(F)cc2F)sc1N. The first kappa shape index (κ1) is 13.3. The molecule has 100 valence electrons. The van der Waals surface area contributed by atoms with Crippen LogP contribution in [0.2, 0.25) is 0 Å². The fourth-order valence-corrected chi connectivity index (χ4v) is 2.30. The minimum absolute atomic E-state index is 0.0371. The third-order valence-corrected chi connectivity index (χ3v) is 3.15. The van der Waals surface area contributed by atoms with Crippen molar-refractivity contribution in [3.8, 4) is 10.6 Å². The Morgan fingerprint density at radius 1 is 1.32 bits per heavy atom. The van der Waals surface area contributed by atoms with Gasteiger partial charge >= 0.3 is 5.97 Å². The first-order valence-electron chi connectivity index (χ1n) is 4.93. The Kier molecular flexibility index (Phi) is 3.43. The number of anilines is 1. The number of nitrogens with two attached hydrogens (primary N) is 1. The molecule has 2 rings (SSSR count). The third kappa shape index (κ3) is 2.39. The second-order valence-corrected chi connectivity index (χ2v) is 4.50. The fraction of sp³-hybridized carbons (Fsp3) is 0.0909. The molecule has 19 heavy (non-hydrogen) atoms. The summed E-state index contributed by atoms with van der Waals surface area (Å²) in [6.07, 6.45) is 0. The van der Waals surface area contributed by atoms with Crippen molar-refractivity contribution in [2.45, 2.75) is 0 Å². The predicted octanol–water partition coefficient (Wildman–Crippen LogP) is 2.60. The number of halogens is 3. The Bertz CT molecular complexity index is 634. The van der Waals surface area contributed by atoms with Crippen molar-refractivity contribution < 1.29 is 22.7 Å². The molecule has 1 heterocycles. The van der Waals surface area contributed by atoms with Crippen LogP contribution in [0.5, 0.6) is 0 Å². The number of methoxy groups -OCH3 is 1. The normalized spacial score (nSPS) is 10.5. The van der Waals surface area contributed by atoms with Crippen LogP contribution in [-0.2, 0) is 4.74 Å². The zero-order chi connectivity index (χ0) is 14.2. The zero-order valence-corrected chi connectivity index (χ0v) is 10.4. The summed E-state index contributed by atoms with van der Waals surface area (Å²) >= 11 is 0.709. The minimum atomic E-state index is -1.12. The number of hydrogen-bond acceptors (Lipinski definition) is 5. The number of hydrogen-bond donors (Lipinski definition) is 1. The van der Waals surface area contributed by atoms with Crippen LogP contribution in [0.3, 0.4) is 0 Å². The maximum atomic E-state index is 13.6. The van der Waals surface area contributed by atoms with Gasteiger partial charge in [0.25, 0.3) is 0 Å². The van der Waals surface area contributed by atoms with E-state index in [0.29, 0.717) is 23.5 Å². The molecule has 8 heteroatoms. The van der Waals surface area contributed by atoms with E-state index in [4.69, 9.17) is 5.73 Å². The van der Waals surface area contributed by atoms with Gasteiger partial charge in [0.05, 0.1) is 12.7 Å². The number of ether oxygens (including phenoxy) is 1. The number of aromatic nitrogens is 1. The first-order chi connectivity index (χ1) is 8.93. The molecule has 4 nitrogen and oxygen atoms in total. The molecule has 1 aromatic carbocycles. The van der Waals surface area contributed by atoms with Gasteiger partial charge in [-0.05, 0) is 0 Å². The van der Waals surface area contributed by atoms with Gasteiger partial charge in [-0.2, -0.15) is 0 Å². The van der Waals surface area contributed by atoms with Gasteiger partial charge in [0.2, 0.25) is 0 Å². The summed E-state index contributed by atoms with van der Waals surface area (Å²) in [5, 5.41) is -0.196. The lowest BCUT2D eigenvalue weighted by Crippen LogP contribution is -2.04. The largest absolute Gasteiger partial charge is 0.464 e. The van der Waals surface area contributed by atoms with E-state index in [1.54, 1.807) is 0 Å². The molecule has 0 atom stereocenters. The van der Waals surface area contributed by atoms with Gasteiger partial charge in [0.1, 0.15) is 27.5 Å². The highest BCUT2D eigenvalue weighted by Crippen LogP contribution is 2.34. The number of thiazole rings is 1. The molecule has 0 radical (unpaired) electrons. The van der Waals surface area contributed by atoms with Gasteiger partial charge in [-0.15, -0.1) is 0 Å². The van der Waals surface area contributed by atoms with Crippen LogP contribution in [-0.4, -0.2) is 18.1 Å². The second kappa shape index (κ2) is 4.88. The summed E-state index contributed by atoms with van der Waals surface area (Å²) in [7, 11) is 1.12. The number of nitrogens with zero attached hydrogens (tertiary/aromatic N) is 1. The smallest absolute Gasteiger partial charge is 0.359 e. The molecular formula is C11H7F3N2O2S. The number of esters is 1. The lowest BCUT2D eigenvalue weighted by atomic mass is 10.2. The summed E-state index contributed by atoms with van der Waals surface area (Å²) in [5.74, 6) is -4.11. The van der Waals surface area contributed by atoms with Gasteiger partial charge in [0, 0.05) is 12.1 Å². The van der Waals surface area contributed by atoms with Crippen LogP contribution in [0.1, 0.15) is 10.5 Å². The molecule has 0 saturated carbocycles.